The molecule has 1 atom stereocenters. The monoisotopic (exact) mass is 190 g/mol. The van der Waals surface area contributed by atoms with Crippen LogP contribution in [0.4, 0.5) is 0 Å². The summed E-state index contributed by atoms with van der Waals surface area (Å²) in [6.45, 7) is 5.26. The fourth-order valence-electron chi connectivity index (χ4n) is 0.737. The number of rotatable bonds is 6. The van der Waals surface area contributed by atoms with Crippen LogP contribution >= 0.6 is 11.8 Å². The molecule has 3 nitrogen and oxygen atoms in total. The number of carbonyl (C=O) groups is 1. The zero-order chi connectivity index (χ0) is 9.40. The highest BCUT2D eigenvalue weighted by Crippen LogP contribution is 2.10. The molecule has 0 saturated heterocycles. The molecule has 0 aromatic heterocycles. The lowest BCUT2D eigenvalue weighted by Gasteiger charge is -2.09. The number of nitrogens with two attached hydrogens (primary N) is 1. The van der Waals surface area contributed by atoms with E-state index in [4.69, 9.17) is 5.73 Å². The Kier molecular flexibility index (Phi) is 7.29. The summed E-state index contributed by atoms with van der Waals surface area (Å²) >= 11 is 1.66. The van der Waals surface area contributed by atoms with E-state index in [1.54, 1.807) is 11.8 Å². The molecule has 0 aromatic carbocycles. The van der Waals surface area contributed by atoms with Crippen LogP contribution in [0.3, 0.4) is 0 Å². The second kappa shape index (κ2) is 7.43. The van der Waals surface area contributed by atoms with Gasteiger partial charge in [-0.15, -0.1) is 11.8 Å². The highest BCUT2D eigenvalue weighted by molar-refractivity contribution is 8.00. The maximum atomic E-state index is 11.2. The second-order valence-electron chi connectivity index (χ2n) is 2.55. The van der Waals surface area contributed by atoms with Gasteiger partial charge in [-0.1, -0.05) is 0 Å². The van der Waals surface area contributed by atoms with Crippen molar-refractivity contribution >= 4 is 17.7 Å². The summed E-state index contributed by atoms with van der Waals surface area (Å²) in [6.07, 6.45) is 0.981. The summed E-state index contributed by atoms with van der Waals surface area (Å²) in [5.41, 5.74) is 5.34. The third-order valence-corrected chi connectivity index (χ3v) is 2.68. The molecule has 0 bridgehead atoms. The summed E-state index contributed by atoms with van der Waals surface area (Å²) in [7, 11) is 0. The molecule has 0 rings (SSSR count). The van der Waals surface area contributed by atoms with Crippen molar-refractivity contribution in [3.05, 3.63) is 0 Å². The SMILES string of the molecule is CCNC(=O)C(C)SCCCN. The highest BCUT2D eigenvalue weighted by atomic mass is 32.2. The first-order valence-electron chi connectivity index (χ1n) is 4.31. The van der Waals surface area contributed by atoms with Crippen molar-refractivity contribution in [1.82, 2.24) is 5.32 Å². The van der Waals surface area contributed by atoms with E-state index in [1.165, 1.54) is 0 Å². The van der Waals surface area contributed by atoms with Gasteiger partial charge in [0.05, 0.1) is 5.25 Å². The number of amides is 1. The maximum absolute atomic E-state index is 11.2. The average molecular weight is 190 g/mol. The smallest absolute Gasteiger partial charge is 0.232 e. The third kappa shape index (κ3) is 5.43. The van der Waals surface area contributed by atoms with Crippen LogP contribution in [0.1, 0.15) is 20.3 Å². The first-order chi connectivity index (χ1) is 5.72. The number of hydrogen-bond donors (Lipinski definition) is 2. The van der Waals surface area contributed by atoms with E-state index in [0.717, 1.165) is 12.2 Å². The number of hydrogen-bond acceptors (Lipinski definition) is 3. The third-order valence-electron chi connectivity index (χ3n) is 1.44. The second-order valence-corrected chi connectivity index (χ2v) is 4.00. The summed E-state index contributed by atoms with van der Waals surface area (Å²) in [5, 5.41) is 2.83. The minimum Gasteiger partial charge on any atom is -0.355 e. The van der Waals surface area contributed by atoms with Gasteiger partial charge in [0.1, 0.15) is 0 Å². The molecular weight excluding hydrogens is 172 g/mol. The van der Waals surface area contributed by atoms with E-state index < -0.39 is 0 Å². The van der Waals surface area contributed by atoms with Gasteiger partial charge in [0, 0.05) is 6.54 Å². The van der Waals surface area contributed by atoms with Crippen molar-refractivity contribution in [1.29, 1.82) is 0 Å². The first-order valence-corrected chi connectivity index (χ1v) is 5.36. The van der Waals surface area contributed by atoms with E-state index in [9.17, 15) is 4.79 Å². The highest BCUT2D eigenvalue weighted by Gasteiger charge is 2.10. The topological polar surface area (TPSA) is 55.1 Å². The van der Waals surface area contributed by atoms with Crippen LogP contribution in [0.15, 0.2) is 0 Å². The van der Waals surface area contributed by atoms with Gasteiger partial charge < -0.3 is 11.1 Å². The van der Waals surface area contributed by atoms with Crippen LogP contribution in [0.5, 0.6) is 0 Å². The normalized spacial score (nSPS) is 12.6. The van der Waals surface area contributed by atoms with Crippen LogP contribution in [-0.2, 0) is 4.79 Å². The van der Waals surface area contributed by atoms with Crippen molar-refractivity contribution in [3.63, 3.8) is 0 Å². The van der Waals surface area contributed by atoms with Crippen molar-refractivity contribution < 1.29 is 4.79 Å². The van der Waals surface area contributed by atoms with Crippen LogP contribution in [0.2, 0.25) is 0 Å². The van der Waals surface area contributed by atoms with Crippen molar-refractivity contribution in [2.75, 3.05) is 18.8 Å². The molecular formula is C8H18N2OS. The Morgan fingerprint density at radius 1 is 1.67 bits per heavy atom. The molecule has 0 aliphatic carbocycles. The van der Waals surface area contributed by atoms with Gasteiger partial charge in [0.15, 0.2) is 0 Å². The molecule has 72 valence electrons. The molecule has 0 radical (unpaired) electrons. The molecule has 0 fully saturated rings. The molecule has 0 aliphatic heterocycles. The van der Waals surface area contributed by atoms with Crippen LogP contribution in [-0.4, -0.2) is 30.0 Å². The largest absolute Gasteiger partial charge is 0.355 e. The van der Waals surface area contributed by atoms with Gasteiger partial charge in [-0.2, -0.15) is 0 Å². The lowest BCUT2D eigenvalue weighted by molar-refractivity contribution is -0.120. The lowest BCUT2D eigenvalue weighted by Crippen LogP contribution is -2.30. The summed E-state index contributed by atoms with van der Waals surface area (Å²) in [5.74, 6) is 1.09. The van der Waals surface area contributed by atoms with Gasteiger partial charge >= 0.3 is 0 Å². The van der Waals surface area contributed by atoms with E-state index in [1.807, 2.05) is 13.8 Å². The Bertz CT molecular complexity index is 130. The van der Waals surface area contributed by atoms with Gasteiger partial charge in [-0.3, -0.25) is 4.79 Å². The Morgan fingerprint density at radius 2 is 2.33 bits per heavy atom. The van der Waals surface area contributed by atoms with Gasteiger partial charge in [0.2, 0.25) is 5.91 Å². The fourth-order valence-corrected chi connectivity index (χ4v) is 1.66. The molecule has 12 heavy (non-hydrogen) atoms. The molecule has 1 unspecified atom stereocenters. The Balaban J connectivity index is 3.42. The van der Waals surface area contributed by atoms with E-state index in [2.05, 4.69) is 5.32 Å². The maximum Gasteiger partial charge on any atom is 0.232 e. The number of nitrogens with one attached hydrogen (secondary N) is 1. The molecule has 0 heterocycles. The average Bonchev–Trinajstić information content (AvgIpc) is 2.05. The van der Waals surface area contributed by atoms with Crippen LogP contribution in [0, 0.1) is 0 Å². The quantitative estimate of drug-likeness (QED) is 0.603. The summed E-state index contributed by atoms with van der Waals surface area (Å²) in [6, 6.07) is 0. The Hall–Kier alpha value is -0.220. The lowest BCUT2D eigenvalue weighted by atomic mass is 10.4. The van der Waals surface area contributed by atoms with Crippen LogP contribution < -0.4 is 11.1 Å². The van der Waals surface area contributed by atoms with Crippen molar-refractivity contribution in [3.8, 4) is 0 Å². The standard InChI is InChI=1S/C8H18N2OS/c1-3-10-8(11)7(2)12-6-4-5-9/h7H,3-6,9H2,1-2H3,(H,10,11). The predicted molar refractivity (Wildman–Crippen MR) is 54.3 cm³/mol. The van der Waals surface area contributed by atoms with E-state index in [0.29, 0.717) is 13.1 Å². The minimum atomic E-state index is 0.0523. The molecule has 0 spiro atoms. The van der Waals surface area contributed by atoms with Crippen molar-refractivity contribution in [2.45, 2.75) is 25.5 Å². The molecule has 4 heteroatoms. The zero-order valence-corrected chi connectivity index (χ0v) is 8.62. The summed E-state index contributed by atoms with van der Waals surface area (Å²) in [4.78, 5) is 11.2. The predicted octanol–water partition coefficient (Wildman–Crippen LogP) is 0.593. The molecule has 0 aromatic rings. The van der Waals surface area contributed by atoms with E-state index in [-0.39, 0.29) is 11.2 Å². The van der Waals surface area contributed by atoms with Gasteiger partial charge in [-0.25, -0.2) is 0 Å². The first kappa shape index (κ1) is 11.8. The number of carbonyl (C=O) groups excluding carboxylic acids is 1. The molecule has 3 N–H and O–H groups in total. The van der Waals surface area contributed by atoms with Gasteiger partial charge in [0.25, 0.3) is 0 Å². The molecule has 0 saturated carbocycles. The zero-order valence-electron chi connectivity index (χ0n) is 7.80. The summed E-state index contributed by atoms with van der Waals surface area (Å²) < 4.78 is 0. The van der Waals surface area contributed by atoms with Gasteiger partial charge in [-0.05, 0) is 32.6 Å². The fraction of sp³-hybridized carbons (Fsp3) is 0.875. The van der Waals surface area contributed by atoms with Crippen LogP contribution in [0.25, 0.3) is 0 Å². The Labute approximate surface area is 78.5 Å². The minimum absolute atomic E-state index is 0.0523. The Morgan fingerprint density at radius 3 is 2.83 bits per heavy atom. The van der Waals surface area contributed by atoms with E-state index >= 15 is 0 Å². The van der Waals surface area contributed by atoms with Crippen molar-refractivity contribution in [2.24, 2.45) is 5.73 Å². The molecule has 1 amide bonds. The number of thioether (sulfide) groups is 1. The molecule has 0 aliphatic rings.